The first-order valence-electron chi connectivity index (χ1n) is 6.79. The third-order valence-corrected chi connectivity index (χ3v) is 3.33. The topological polar surface area (TPSA) is 79.5 Å². The monoisotopic (exact) mass is 311 g/mol. The average molecular weight is 312 g/mol. The van der Waals surface area contributed by atoms with Crippen molar-refractivity contribution in [1.82, 2.24) is 5.32 Å². The second-order valence-corrected chi connectivity index (χ2v) is 5.28. The molecule has 0 saturated heterocycles. The second kappa shape index (κ2) is 6.78. The largest absolute Gasteiger partial charge is 0.482 e. The summed E-state index contributed by atoms with van der Waals surface area (Å²) in [7, 11) is 0. The predicted molar refractivity (Wildman–Crippen MR) is 82.0 cm³/mol. The summed E-state index contributed by atoms with van der Waals surface area (Å²) in [5.74, 6) is 0.133. The number of amides is 2. The van der Waals surface area contributed by atoms with Crippen LogP contribution < -0.4 is 20.7 Å². The minimum absolute atomic E-state index is 0.0422. The number of halogens is 1. The molecule has 114 valence electrons. The molecule has 1 heterocycles. The van der Waals surface area contributed by atoms with Crippen LogP contribution in [0.4, 0.5) is 11.4 Å². The smallest absolute Gasteiger partial charge is 0.262 e. The van der Waals surface area contributed by atoms with Gasteiger partial charge in [0, 0.05) is 18.5 Å². The molecule has 0 radical (unpaired) electrons. The van der Waals surface area contributed by atoms with Crippen molar-refractivity contribution in [3.8, 4) is 5.75 Å². The maximum absolute atomic E-state index is 11.9. The fourth-order valence-electron chi connectivity index (χ4n) is 2.10. The predicted octanol–water partition coefficient (Wildman–Crippen LogP) is 2.00. The Bertz CT molecular complexity index is 563. The quantitative estimate of drug-likeness (QED) is 0.777. The number of fused-ring (bicyclic) bond motifs is 1. The van der Waals surface area contributed by atoms with E-state index in [-0.39, 0.29) is 24.5 Å². The zero-order chi connectivity index (χ0) is 15.4. The van der Waals surface area contributed by atoms with Crippen LogP contribution in [0.25, 0.3) is 0 Å². The highest BCUT2D eigenvalue weighted by Gasteiger charge is 2.19. The first-order valence-corrected chi connectivity index (χ1v) is 7.16. The average Bonchev–Trinajstić information content (AvgIpc) is 2.40. The van der Waals surface area contributed by atoms with E-state index < -0.39 is 0 Å². The lowest BCUT2D eigenvalue weighted by Crippen LogP contribution is -2.30. The maximum atomic E-state index is 11.9. The van der Waals surface area contributed by atoms with E-state index in [1.165, 1.54) is 0 Å². The number of carbonyl (C=O) groups excluding carboxylic acids is 2. The summed E-state index contributed by atoms with van der Waals surface area (Å²) in [6.07, 6.45) is 0.346. The molecule has 7 heteroatoms. The van der Waals surface area contributed by atoms with Gasteiger partial charge in [-0.2, -0.15) is 0 Å². The zero-order valence-electron chi connectivity index (χ0n) is 12.0. The van der Waals surface area contributed by atoms with Crippen LogP contribution in [0.5, 0.6) is 5.75 Å². The van der Waals surface area contributed by atoms with E-state index in [4.69, 9.17) is 16.3 Å². The highest BCUT2D eigenvalue weighted by molar-refractivity contribution is 6.34. The van der Waals surface area contributed by atoms with E-state index >= 15 is 0 Å². The van der Waals surface area contributed by atoms with Gasteiger partial charge in [0.25, 0.3) is 5.91 Å². The molecule has 6 nitrogen and oxygen atoms in total. The van der Waals surface area contributed by atoms with Crippen LogP contribution in [0, 0.1) is 0 Å². The Balaban J connectivity index is 2.07. The summed E-state index contributed by atoms with van der Waals surface area (Å²) in [5, 5.41) is 8.93. The number of hydrogen-bond donors (Lipinski definition) is 3. The lowest BCUT2D eigenvalue weighted by Gasteiger charge is -2.20. The van der Waals surface area contributed by atoms with Crippen LogP contribution in [0.1, 0.15) is 20.3 Å². The van der Waals surface area contributed by atoms with Crippen molar-refractivity contribution in [3.05, 3.63) is 17.2 Å². The fraction of sp³-hybridized carbons (Fsp3) is 0.429. The molecule has 0 aromatic heterocycles. The first kappa shape index (κ1) is 15.6. The summed E-state index contributed by atoms with van der Waals surface area (Å²) in [4.78, 5) is 23.2. The molecular weight excluding hydrogens is 294 g/mol. The van der Waals surface area contributed by atoms with Crippen molar-refractivity contribution in [2.45, 2.75) is 26.3 Å². The number of benzene rings is 1. The number of hydrogen-bond acceptors (Lipinski definition) is 4. The Morgan fingerprint density at radius 3 is 3.00 bits per heavy atom. The molecule has 0 aliphatic carbocycles. The maximum Gasteiger partial charge on any atom is 0.262 e. The highest BCUT2D eigenvalue weighted by atomic mass is 35.5. The lowest BCUT2D eigenvalue weighted by molar-refractivity contribution is -0.119. The molecule has 3 N–H and O–H groups in total. The van der Waals surface area contributed by atoms with E-state index in [2.05, 4.69) is 16.0 Å². The van der Waals surface area contributed by atoms with Crippen LogP contribution in [-0.4, -0.2) is 31.0 Å². The molecule has 1 aliphatic rings. The molecule has 1 unspecified atom stereocenters. The second-order valence-electron chi connectivity index (χ2n) is 4.88. The molecule has 1 aromatic carbocycles. The van der Waals surface area contributed by atoms with Gasteiger partial charge in [-0.25, -0.2) is 0 Å². The molecule has 0 spiro atoms. The highest BCUT2D eigenvalue weighted by Crippen LogP contribution is 2.36. The molecule has 1 aliphatic heterocycles. The summed E-state index contributed by atoms with van der Waals surface area (Å²) in [6, 6.07) is 3.27. The molecule has 0 fully saturated rings. The molecule has 0 bridgehead atoms. The van der Waals surface area contributed by atoms with Gasteiger partial charge in [0.05, 0.1) is 16.4 Å². The molecule has 0 saturated carbocycles. The number of carbonyl (C=O) groups is 2. The van der Waals surface area contributed by atoms with E-state index in [9.17, 15) is 9.59 Å². The SMILES string of the molecule is CCNC(C)CC(=O)Nc1cc2c(cc1Cl)NC(=O)CO2. The Labute approximate surface area is 128 Å². The minimum Gasteiger partial charge on any atom is -0.482 e. The van der Waals surface area contributed by atoms with E-state index in [1.807, 2.05) is 13.8 Å². The van der Waals surface area contributed by atoms with E-state index in [0.29, 0.717) is 28.6 Å². The van der Waals surface area contributed by atoms with Gasteiger partial charge in [0.15, 0.2) is 6.61 Å². The van der Waals surface area contributed by atoms with Crippen LogP contribution in [0.3, 0.4) is 0 Å². The van der Waals surface area contributed by atoms with Crippen molar-refractivity contribution in [3.63, 3.8) is 0 Å². The van der Waals surface area contributed by atoms with Crippen LogP contribution in [-0.2, 0) is 9.59 Å². The lowest BCUT2D eigenvalue weighted by atomic mass is 10.2. The van der Waals surface area contributed by atoms with Gasteiger partial charge in [0.1, 0.15) is 5.75 Å². The molecule has 2 rings (SSSR count). The minimum atomic E-state index is -0.227. The molecule has 1 aromatic rings. The Morgan fingerprint density at radius 2 is 2.29 bits per heavy atom. The van der Waals surface area contributed by atoms with Gasteiger partial charge in [0.2, 0.25) is 5.91 Å². The van der Waals surface area contributed by atoms with E-state index in [1.54, 1.807) is 12.1 Å². The Kier molecular flexibility index (Phi) is 5.03. The van der Waals surface area contributed by atoms with Crippen LogP contribution in [0.2, 0.25) is 5.02 Å². The normalized spacial score (nSPS) is 14.7. The van der Waals surface area contributed by atoms with Gasteiger partial charge in [-0.15, -0.1) is 0 Å². The van der Waals surface area contributed by atoms with Crippen molar-refractivity contribution in [2.75, 3.05) is 23.8 Å². The van der Waals surface area contributed by atoms with Crippen molar-refractivity contribution < 1.29 is 14.3 Å². The van der Waals surface area contributed by atoms with Crippen molar-refractivity contribution in [2.24, 2.45) is 0 Å². The third kappa shape index (κ3) is 4.09. The standard InChI is InChI=1S/C14H18ClN3O3/c1-3-16-8(2)4-13(19)17-10-6-12-11(5-9(10)15)18-14(20)7-21-12/h5-6,8,16H,3-4,7H2,1-2H3,(H,17,19)(H,18,20). The summed E-state index contributed by atoms with van der Waals surface area (Å²) >= 11 is 6.11. The summed E-state index contributed by atoms with van der Waals surface area (Å²) < 4.78 is 5.30. The van der Waals surface area contributed by atoms with Gasteiger partial charge in [-0.3, -0.25) is 9.59 Å². The zero-order valence-corrected chi connectivity index (χ0v) is 12.7. The fourth-order valence-corrected chi connectivity index (χ4v) is 2.31. The third-order valence-electron chi connectivity index (χ3n) is 3.02. The number of rotatable bonds is 5. The van der Waals surface area contributed by atoms with Gasteiger partial charge in [-0.05, 0) is 19.5 Å². The molecule has 1 atom stereocenters. The first-order chi connectivity index (χ1) is 9.99. The molecule has 21 heavy (non-hydrogen) atoms. The van der Waals surface area contributed by atoms with Gasteiger partial charge >= 0.3 is 0 Å². The van der Waals surface area contributed by atoms with Crippen LogP contribution in [0.15, 0.2) is 12.1 Å². The summed E-state index contributed by atoms with van der Waals surface area (Å²) in [6.45, 7) is 4.69. The van der Waals surface area contributed by atoms with Crippen molar-refractivity contribution in [1.29, 1.82) is 0 Å². The summed E-state index contributed by atoms with van der Waals surface area (Å²) in [5.41, 5.74) is 0.982. The van der Waals surface area contributed by atoms with E-state index in [0.717, 1.165) is 6.54 Å². The Hall–Kier alpha value is -1.79. The van der Waals surface area contributed by atoms with Gasteiger partial charge in [-0.1, -0.05) is 18.5 Å². The van der Waals surface area contributed by atoms with Crippen LogP contribution >= 0.6 is 11.6 Å². The van der Waals surface area contributed by atoms with Crippen molar-refractivity contribution >= 4 is 34.8 Å². The Morgan fingerprint density at radius 1 is 1.52 bits per heavy atom. The molecular formula is C14H18ClN3O3. The number of anilines is 2. The number of nitrogens with one attached hydrogen (secondary N) is 3. The number of ether oxygens (including phenoxy) is 1. The van der Waals surface area contributed by atoms with Gasteiger partial charge < -0.3 is 20.7 Å². The molecule has 2 amide bonds.